The van der Waals surface area contributed by atoms with Crippen LogP contribution >= 0.6 is 27.5 Å². The summed E-state index contributed by atoms with van der Waals surface area (Å²) in [5.41, 5.74) is 0.956. The minimum Gasteiger partial charge on any atom is -0.237 e. The van der Waals surface area contributed by atoms with Gasteiger partial charge in [0.05, 0.1) is 0 Å². The van der Waals surface area contributed by atoms with Gasteiger partial charge in [-0.1, -0.05) is 23.7 Å². The minimum atomic E-state index is 0.670. The molecule has 0 saturated heterocycles. The summed E-state index contributed by atoms with van der Waals surface area (Å²) in [6.45, 7) is 0. The predicted octanol–water partition coefficient (Wildman–Crippen LogP) is 4.25. The molecule has 4 heteroatoms. The van der Waals surface area contributed by atoms with Gasteiger partial charge in [0.2, 0.25) is 0 Å². The van der Waals surface area contributed by atoms with Crippen LogP contribution in [0.15, 0.2) is 52.1 Å². The molecule has 0 saturated carbocycles. The maximum atomic E-state index is 5.86. The van der Waals surface area contributed by atoms with E-state index in [1.165, 1.54) is 0 Å². The van der Waals surface area contributed by atoms with Crippen LogP contribution in [0.4, 0.5) is 5.82 Å². The number of aromatic nitrogens is 1. The largest absolute Gasteiger partial charge is 0.237 e. The summed E-state index contributed by atoms with van der Waals surface area (Å²) in [4.78, 5) is 8.38. The number of halogens is 2. The zero-order chi connectivity index (χ0) is 11.4. The van der Waals surface area contributed by atoms with Crippen molar-refractivity contribution in [3.8, 4) is 0 Å². The molecule has 0 fully saturated rings. The molecule has 0 aliphatic rings. The number of pyridine rings is 1. The molecule has 2 rings (SSSR count). The first-order chi connectivity index (χ1) is 7.74. The second kappa shape index (κ2) is 5.23. The lowest BCUT2D eigenvalue weighted by Crippen LogP contribution is -1.80. The van der Waals surface area contributed by atoms with Crippen LogP contribution in [0.3, 0.4) is 0 Å². The van der Waals surface area contributed by atoms with Crippen molar-refractivity contribution in [2.45, 2.75) is 0 Å². The third-order valence-corrected chi connectivity index (χ3v) is 2.61. The fraction of sp³-hybridized carbons (Fsp3) is 0. The molecule has 0 bridgehead atoms. The van der Waals surface area contributed by atoms with E-state index in [1.807, 2.05) is 36.4 Å². The average Bonchev–Trinajstić information content (AvgIpc) is 2.28. The molecule has 0 N–H and O–H groups in total. The Kier molecular flexibility index (Phi) is 3.70. The Labute approximate surface area is 107 Å². The predicted molar refractivity (Wildman–Crippen MR) is 70.6 cm³/mol. The first kappa shape index (κ1) is 11.3. The summed E-state index contributed by atoms with van der Waals surface area (Å²) in [6.07, 6.45) is 3.45. The molecule has 0 unspecified atom stereocenters. The van der Waals surface area contributed by atoms with Gasteiger partial charge >= 0.3 is 0 Å². The standard InChI is InChI=1S/C12H8BrClN2/c13-10-4-5-12(16-8-10)15-7-9-2-1-3-11(14)6-9/h1-8H. The lowest BCUT2D eigenvalue weighted by atomic mass is 10.2. The van der Waals surface area contributed by atoms with Gasteiger partial charge in [0.25, 0.3) is 0 Å². The third-order valence-electron chi connectivity index (χ3n) is 1.91. The van der Waals surface area contributed by atoms with Crippen LogP contribution in [0.1, 0.15) is 5.56 Å². The van der Waals surface area contributed by atoms with Crippen LogP contribution < -0.4 is 0 Å². The zero-order valence-corrected chi connectivity index (χ0v) is 10.6. The van der Waals surface area contributed by atoms with E-state index in [-0.39, 0.29) is 0 Å². The summed E-state index contributed by atoms with van der Waals surface area (Å²) in [5, 5.41) is 0.702. The van der Waals surface area contributed by atoms with Crippen LogP contribution in [-0.2, 0) is 0 Å². The molecule has 16 heavy (non-hydrogen) atoms. The van der Waals surface area contributed by atoms with Crippen LogP contribution in [0.25, 0.3) is 0 Å². The van der Waals surface area contributed by atoms with Gasteiger partial charge in [0, 0.05) is 21.9 Å². The van der Waals surface area contributed by atoms with E-state index >= 15 is 0 Å². The van der Waals surface area contributed by atoms with Gasteiger partial charge in [0.1, 0.15) is 0 Å². The highest BCUT2D eigenvalue weighted by Crippen LogP contribution is 2.14. The Morgan fingerprint density at radius 2 is 2.12 bits per heavy atom. The van der Waals surface area contributed by atoms with E-state index in [2.05, 4.69) is 25.9 Å². The number of hydrogen-bond donors (Lipinski definition) is 0. The van der Waals surface area contributed by atoms with Gasteiger partial charge in [-0.2, -0.15) is 0 Å². The number of nitrogens with zero attached hydrogens (tertiary/aromatic N) is 2. The van der Waals surface area contributed by atoms with Crippen molar-refractivity contribution in [1.82, 2.24) is 4.98 Å². The fourth-order valence-electron chi connectivity index (χ4n) is 1.17. The number of hydrogen-bond acceptors (Lipinski definition) is 2. The van der Waals surface area contributed by atoms with Crippen molar-refractivity contribution in [1.29, 1.82) is 0 Å². The van der Waals surface area contributed by atoms with Gasteiger partial charge < -0.3 is 0 Å². The molecule has 2 aromatic rings. The van der Waals surface area contributed by atoms with Crippen molar-refractivity contribution >= 4 is 39.6 Å². The second-order valence-corrected chi connectivity index (χ2v) is 4.50. The molecule has 1 heterocycles. The van der Waals surface area contributed by atoms with Crippen LogP contribution in [0.5, 0.6) is 0 Å². The molecular weight excluding hydrogens is 288 g/mol. The molecule has 2 nitrogen and oxygen atoms in total. The highest BCUT2D eigenvalue weighted by molar-refractivity contribution is 9.10. The van der Waals surface area contributed by atoms with E-state index in [1.54, 1.807) is 12.4 Å². The van der Waals surface area contributed by atoms with Gasteiger partial charge in [-0.3, -0.25) is 0 Å². The molecule has 1 aromatic carbocycles. The molecule has 0 aliphatic carbocycles. The fourth-order valence-corrected chi connectivity index (χ4v) is 1.61. The zero-order valence-electron chi connectivity index (χ0n) is 8.27. The Morgan fingerprint density at radius 1 is 1.25 bits per heavy atom. The van der Waals surface area contributed by atoms with E-state index in [4.69, 9.17) is 11.6 Å². The Hall–Kier alpha value is -1.19. The minimum absolute atomic E-state index is 0.670. The average molecular weight is 296 g/mol. The third kappa shape index (κ3) is 3.15. The van der Waals surface area contributed by atoms with Gasteiger partial charge in [-0.05, 0) is 45.8 Å². The van der Waals surface area contributed by atoms with Crippen molar-refractivity contribution in [3.05, 3.63) is 57.7 Å². The Bertz CT molecular complexity index is 509. The summed E-state index contributed by atoms with van der Waals surface area (Å²) in [6, 6.07) is 11.2. The highest BCUT2D eigenvalue weighted by atomic mass is 79.9. The smallest absolute Gasteiger partial charge is 0.151 e. The summed E-state index contributed by atoms with van der Waals surface area (Å²) < 4.78 is 0.939. The van der Waals surface area contributed by atoms with Gasteiger partial charge in [0.15, 0.2) is 5.82 Å². The Balaban J connectivity index is 2.18. The summed E-state index contributed by atoms with van der Waals surface area (Å²) in [7, 11) is 0. The normalized spacial score (nSPS) is 10.9. The maximum absolute atomic E-state index is 5.86. The molecule has 0 atom stereocenters. The van der Waals surface area contributed by atoms with E-state index < -0.39 is 0 Å². The summed E-state index contributed by atoms with van der Waals surface area (Å²) in [5.74, 6) is 0.670. The quantitative estimate of drug-likeness (QED) is 0.760. The lowest BCUT2D eigenvalue weighted by molar-refractivity contribution is 1.26. The number of aliphatic imine (C=N–C) groups is 1. The van der Waals surface area contributed by atoms with Crippen molar-refractivity contribution < 1.29 is 0 Å². The van der Waals surface area contributed by atoms with Crippen molar-refractivity contribution in [3.63, 3.8) is 0 Å². The summed E-state index contributed by atoms with van der Waals surface area (Å²) >= 11 is 9.18. The number of rotatable bonds is 2. The van der Waals surface area contributed by atoms with Gasteiger partial charge in [-0.25, -0.2) is 9.98 Å². The van der Waals surface area contributed by atoms with Crippen molar-refractivity contribution in [2.24, 2.45) is 4.99 Å². The van der Waals surface area contributed by atoms with E-state index in [9.17, 15) is 0 Å². The van der Waals surface area contributed by atoms with Crippen LogP contribution in [-0.4, -0.2) is 11.2 Å². The van der Waals surface area contributed by atoms with E-state index in [0.717, 1.165) is 10.0 Å². The number of benzene rings is 1. The first-order valence-corrected chi connectivity index (χ1v) is 5.82. The molecule has 80 valence electrons. The monoisotopic (exact) mass is 294 g/mol. The van der Waals surface area contributed by atoms with Crippen LogP contribution in [0, 0.1) is 0 Å². The second-order valence-electron chi connectivity index (χ2n) is 3.15. The molecule has 0 spiro atoms. The molecule has 0 amide bonds. The highest BCUT2D eigenvalue weighted by Gasteiger charge is 1.92. The maximum Gasteiger partial charge on any atom is 0.151 e. The molecule has 1 aromatic heterocycles. The molecule has 0 aliphatic heterocycles. The topological polar surface area (TPSA) is 25.2 Å². The van der Waals surface area contributed by atoms with Crippen LogP contribution in [0.2, 0.25) is 5.02 Å². The first-order valence-electron chi connectivity index (χ1n) is 4.65. The van der Waals surface area contributed by atoms with Gasteiger partial charge in [-0.15, -0.1) is 0 Å². The SMILES string of the molecule is Clc1cccc(C=Nc2ccc(Br)cn2)c1. The lowest BCUT2D eigenvalue weighted by Gasteiger charge is -1.94. The van der Waals surface area contributed by atoms with Crippen molar-refractivity contribution in [2.75, 3.05) is 0 Å². The van der Waals surface area contributed by atoms with E-state index in [0.29, 0.717) is 10.8 Å². The molecule has 0 radical (unpaired) electrons. The Morgan fingerprint density at radius 3 is 2.81 bits per heavy atom. The molecular formula is C12H8BrClN2.